The molecule has 202 valence electrons. The molecule has 10 N–H and O–H groups in total. The van der Waals surface area contributed by atoms with Crippen LogP contribution in [0.1, 0.15) is 25.3 Å². The minimum atomic E-state index is -1.63. The summed E-state index contributed by atoms with van der Waals surface area (Å²) in [5.74, 6) is -5.56. The van der Waals surface area contributed by atoms with Gasteiger partial charge in [0.15, 0.2) is 0 Å². The second-order valence-electron chi connectivity index (χ2n) is 8.47. The zero-order valence-corrected chi connectivity index (χ0v) is 20.0. The van der Waals surface area contributed by atoms with Crippen LogP contribution in [0.15, 0.2) is 30.5 Å². The average molecular weight is 522 g/mol. The van der Waals surface area contributed by atoms with Crippen LogP contribution in [0.5, 0.6) is 0 Å². The number of H-pyrrole nitrogens is 1. The predicted octanol–water partition coefficient (Wildman–Crippen LogP) is -2.19. The number of carboxylic acids is 2. The van der Waals surface area contributed by atoms with Gasteiger partial charge >= 0.3 is 11.9 Å². The van der Waals surface area contributed by atoms with Gasteiger partial charge in [-0.3, -0.25) is 19.2 Å². The van der Waals surface area contributed by atoms with Crippen molar-refractivity contribution in [2.75, 3.05) is 6.61 Å². The van der Waals surface area contributed by atoms with Crippen LogP contribution in [-0.4, -0.2) is 91.9 Å². The number of rotatable bonds is 14. The SMILES string of the molecule is CC(O)C(NC(=O)C(CCC(=O)O)NC(=O)C(N)CO)C(=O)NC(Cc1c[nH]c2ccccc12)C(=O)O. The van der Waals surface area contributed by atoms with Gasteiger partial charge in [-0.1, -0.05) is 18.2 Å². The fourth-order valence-corrected chi connectivity index (χ4v) is 3.54. The van der Waals surface area contributed by atoms with Crippen LogP contribution >= 0.6 is 0 Å². The summed E-state index contributed by atoms with van der Waals surface area (Å²) in [6.45, 7) is 0.456. The summed E-state index contributed by atoms with van der Waals surface area (Å²) in [6, 6.07) is 1.30. The van der Waals surface area contributed by atoms with Gasteiger partial charge in [0.05, 0.1) is 12.7 Å². The van der Waals surface area contributed by atoms with E-state index in [1.165, 1.54) is 6.92 Å². The monoisotopic (exact) mass is 521 g/mol. The molecular formula is C23H31N5O9. The summed E-state index contributed by atoms with van der Waals surface area (Å²) in [4.78, 5) is 63.6. The van der Waals surface area contributed by atoms with Crippen LogP contribution in [-0.2, 0) is 30.4 Å². The van der Waals surface area contributed by atoms with E-state index in [0.29, 0.717) is 5.56 Å². The molecule has 5 unspecified atom stereocenters. The normalized spacial score (nSPS) is 15.1. The first kappa shape index (κ1) is 29.2. The number of nitrogens with one attached hydrogen (secondary N) is 4. The third-order valence-electron chi connectivity index (χ3n) is 5.59. The molecule has 0 saturated carbocycles. The first-order valence-corrected chi connectivity index (χ1v) is 11.4. The van der Waals surface area contributed by atoms with E-state index in [-0.39, 0.29) is 12.8 Å². The summed E-state index contributed by atoms with van der Waals surface area (Å²) in [7, 11) is 0. The predicted molar refractivity (Wildman–Crippen MR) is 129 cm³/mol. The van der Waals surface area contributed by atoms with E-state index in [1.54, 1.807) is 30.5 Å². The first-order chi connectivity index (χ1) is 17.4. The molecule has 1 aromatic carbocycles. The number of aliphatic hydroxyl groups excluding tert-OH is 2. The van der Waals surface area contributed by atoms with Crippen molar-refractivity contribution in [3.8, 4) is 0 Å². The first-order valence-electron chi connectivity index (χ1n) is 11.4. The Balaban J connectivity index is 2.16. The van der Waals surface area contributed by atoms with Gasteiger partial charge < -0.3 is 47.1 Å². The molecule has 14 heteroatoms. The number of hydrogen-bond acceptors (Lipinski definition) is 8. The number of aromatic amines is 1. The lowest BCUT2D eigenvalue weighted by Crippen LogP contribution is -2.60. The zero-order valence-electron chi connectivity index (χ0n) is 20.0. The zero-order chi connectivity index (χ0) is 27.7. The van der Waals surface area contributed by atoms with Crippen molar-refractivity contribution in [1.29, 1.82) is 0 Å². The van der Waals surface area contributed by atoms with E-state index in [4.69, 9.17) is 15.9 Å². The molecule has 0 saturated heterocycles. The number of aliphatic hydroxyl groups is 2. The molecule has 0 aliphatic rings. The Hall–Kier alpha value is -4.01. The number of carbonyl (C=O) groups excluding carboxylic acids is 3. The Morgan fingerprint density at radius 1 is 0.973 bits per heavy atom. The number of hydrogen-bond donors (Lipinski definition) is 9. The topological polar surface area (TPSA) is 244 Å². The Bertz CT molecular complexity index is 1130. The number of nitrogens with two attached hydrogens (primary N) is 1. The third kappa shape index (κ3) is 8.27. The Labute approximate surface area is 211 Å². The van der Waals surface area contributed by atoms with Crippen molar-refractivity contribution >= 4 is 40.6 Å². The summed E-state index contributed by atoms with van der Waals surface area (Å²) < 4.78 is 0. The minimum Gasteiger partial charge on any atom is -0.481 e. The van der Waals surface area contributed by atoms with E-state index in [0.717, 1.165) is 10.9 Å². The third-order valence-corrected chi connectivity index (χ3v) is 5.59. The molecular weight excluding hydrogens is 490 g/mol. The van der Waals surface area contributed by atoms with Crippen molar-refractivity contribution < 1.29 is 44.4 Å². The fourth-order valence-electron chi connectivity index (χ4n) is 3.54. The van der Waals surface area contributed by atoms with Crippen LogP contribution in [0.2, 0.25) is 0 Å². The van der Waals surface area contributed by atoms with Gasteiger partial charge in [0, 0.05) is 29.9 Å². The van der Waals surface area contributed by atoms with Crippen molar-refractivity contribution in [3.63, 3.8) is 0 Å². The second kappa shape index (κ2) is 13.3. The summed E-state index contributed by atoms with van der Waals surface area (Å²) >= 11 is 0. The molecule has 0 aliphatic carbocycles. The van der Waals surface area contributed by atoms with Crippen molar-refractivity contribution in [2.45, 2.75) is 56.5 Å². The van der Waals surface area contributed by atoms with Crippen LogP contribution in [0.25, 0.3) is 10.9 Å². The maximum absolute atomic E-state index is 12.9. The van der Waals surface area contributed by atoms with Gasteiger partial charge in [0.1, 0.15) is 24.2 Å². The second-order valence-corrected chi connectivity index (χ2v) is 8.47. The number of benzene rings is 1. The summed E-state index contributed by atoms with van der Waals surface area (Å²) in [5, 5.41) is 45.3. The van der Waals surface area contributed by atoms with Gasteiger partial charge in [-0.05, 0) is 25.0 Å². The number of carbonyl (C=O) groups is 5. The molecule has 0 spiro atoms. The molecule has 2 rings (SSSR count). The highest BCUT2D eigenvalue weighted by molar-refractivity contribution is 5.95. The number of para-hydroxylation sites is 1. The van der Waals surface area contributed by atoms with Gasteiger partial charge in [0.2, 0.25) is 17.7 Å². The molecule has 1 heterocycles. The van der Waals surface area contributed by atoms with E-state index in [1.807, 2.05) is 0 Å². The van der Waals surface area contributed by atoms with Gasteiger partial charge in [-0.2, -0.15) is 0 Å². The highest BCUT2D eigenvalue weighted by atomic mass is 16.4. The number of amides is 3. The van der Waals surface area contributed by atoms with Crippen LogP contribution in [0, 0.1) is 0 Å². The maximum Gasteiger partial charge on any atom is 0.326 e. The molecule has 0 aliphatic heterocycles. The van der Waals surface area contributed by atoms with Gasteiger partial charge in [-0.15, -0.1) is 0 Å². The van der Waals surface area contributed by atoms with Crippen molar-refractivity contribution in [3.05, 3.63) is 36.0 Å². The molecule has 37 heavy (non-hydrogen) atoms. The lowest BCUT2D eigenvalue weighted by atomic mass is 10.0. The lowest BCUT2D eigenvalue weighted by molar-refractivity contribution is -0.143. The van der Waals surface area contributed by atoms with Gasteiger partial charge in [0.25, 0.3) is 0 Å². The van der Waals surface area contributed by atoms with Gasteiger partial charge in [-0.25, -0.2) is 4.79 Å². The molecule has 14 nitrogen and oxygen atoms in total. The lowest BCUT2D eigenvalue weighted by Gasteiger charge is -2.26. The Kier molecular flexibility index (Phi) is 10.5. The van der Waals surface area contributed by atoms with E-state index in [9.17, 15) is 34.2 Å². The van der Waals surface area contributed by atoms with Crippen LogP contribution in [0.4, 0.5) is 0 Å². The molecule has 3 amide bonds. The van der Waals surface area contributed by atoms with Crippen LogP contribution in [0.3, 0.4) is 0 Å². The summed E-state index contributed by atoms with van der Waals surface area (Å²) in [6.07, 6.45) is -0.862. The fraction of sp³-hybridized carbons (Fsp3) is 0.435. The molecule has 0 bridgehead atoms. The quantitative estimate of drug-likeness (QED) is 0.130. The minimum absolute atomic E-state index is 0.0953. The smallest absolute Gasteiger partial charge is 0.326 e. The maximum atomic E-state index is 12.9. The summed E-state index contributed by atoms with van der Waals surface area (Å²) in [5.41, 5.74) is 6.82. The van der Waals surface area contributed by atoms with Crippen molar-refractivity contribution in [2.24, 2.45) is 5.73 Å². The average Bonchev–Trinajstić information content (AvgIpc) is 3.26. The molecule has 2 aromatic rings. The van der Waals surface area contributed by atoms with Crippen LogP contribution < -0.4 is 21.7 Å². The van der Waals surface area contributed by atoms with E-state index >= 15 is 0 Å². The highest BCUT2D eigenvalue weighted by Crippen LogP contribution is 2.19. The molecule has 5 atom stereocenters. The Morgan fingerprint density at radius 2 is 1.62 bits per heavy atom. The van der Waals surface area contributed by atoms with E-state index in [2.05, 4.69) is 20.9 Å². The standard InChI is InChI=1S/C23H31N5O9/c1-11(30)19(28-21(34)16(6-7-18(31)32)26-20(33)14(24)10-29)22(35)27-17(23(36)37)8-12-9-25-15-5-3-2-4-13(12)15/h2-5,9,11,14,16-17,19,25,29-30H,6-8,10,24H2,1H3,(H,26,33)(H,27,35)(H,28,34)(H,31,32)(H,36,37). The number of fused-ring (bicyclic) bond motifs is 1. The Morgan fingerprint density at radius 3 is 2.22 bits per heavy atom. The number of aromatic nitrogens is 1. The molecule has 0 fully saturated rings. The highest BCUT2D eigenvalue weighted by Gasteiger charge is 2.33. The molecule has 1 aromatic heterocycles. The number of carboxylic acid groups (broad SMARTS) is 2. The van der Waals surface area contributed by atoms with E-state index < -0.39 is 73.0 Å². The number of aliphatic carboxylic acids is 2. The van der Waals surface area contributed by atoms with Crippen molar-refractivity contribution in [1.82, 2.24) is 20.9 Å². The molecule has 0 radical (unpaired) electrons. The largest absolute Gasteiger partial charge is 0.481 e.